The SMILES string of the molecule is CN=C(NCc1ccc(Br)c(F)c1)NC1CCN(CCOC(C)C)CC1. The number of guanidine groups is 1. The third kappa shape index (κ3) is 7.21. The van der Waals surface area contributed by atoms with Crippen molar-refractivity contribution in [2.75, 3.05) is 33.3 Å². The zero-order valence-corrected chi connectivity index (χ0v) is 17.5. The number of benzene rings is 1. The van der Waals surface area contributed by atoms with E-state index in [1.807, 2.05) is 6.07 Å². The van der Waals surface area contributed by atoms with Gasteiger partial charge in [0.2, 0.25) is 0 Å². The first-order valence-corrected chi connectivity index (χ1v) is 10.0. The number of nitrogens with one attached hydrogen (secondary N) is 2. The maximum Gasteiger partial charge on any atom is 0.191 e. The molecule has 26 heavy (non-hydrogen) atoms. The second-order valence-electron chi connectivity index (χ2n) is 6.85. The highest BCUT2D eigenvalue weighted by atomic mass is 79.9. The molecular formula is C19H30BrFN4O. The van der Waals surface area contributed by atoms with E-state index in [4.69, 9.17) is 4.74 Å². The van der Waals surface area contributed by atoms with Crippen LogP contribution in [0, 0.1) is 5.82 Å². The first-order valence-electron chi connectivity index (χ1n) is 9.23. The van der Waals surface area contributed by atoms with E-state index in [1.54, 1.807) is 13.1 Å². The Labute approximate surface area is 164 Å². The van der Waals surface area contributed by atoms with Crippen molar-refractivity contribution in [2.24, 2.45) is 4.99 Å². The largest absolute Gasteiger partial charge is 0.377 e. The average molecular weight is 429 g/mol. The van der Waals surface area contributed by atoms with Gasteiger partial charge in [-0.05, 0) is 60.3 Å². The van der Waals surface area contributed by atoms with Crippen LogP contribution in [0.2, 0.25) is 0 Å². The van der Waals surface area contributed by atoms with E-state index < -0.39 is 0 Å². The van der Waals surface area contributed by atoms with Crippen molar-refractivity contribution in [1.29, 1.82) is 0 Å². The molecule has 0 atom stereocenters. The zero-order valence-electron chi connectivity index (χ0n) is 15.9. The van der Waals surface area contributed by atoms with Gasteiger partial charge in [0.05, 0.1) is 17.2 Å². The van der Waals surface area contributed by atoms with Gasteiger partial charge in [0, 0.05) is 39.3 Å². The van der Waals surface area contributed by atoms with Crippen LogP contribution in [0.3, 0.4) is 0 Å². The van der Waals surface area contributed by atoms with E-state index in [2.05, 4.69) is 50.3 Å². The van der Waals surface area contributed by atoms with Crippen LogP contribution in [0.25, 0.3) is 0 Å². The average Bonchev–Trinajstić information content (AvgIpc) is 2.62. The molecule has 1 fully saturated rings. The van der Waals surface area contributed by atoms with E-state index in [1.165, 1.54) is 6.07 Å². The lowest BCUT2D eigenvalue weighted by atomic mass is 10.1. The quantitative estimate of drug-likeness (QED) is 0.517. The molecule has 1 aromatic carbocycles. The lowest BCUT2D eigenvalue weighted by molar-refractivity contribution is 0.0532. The van der Waals surface area contributed by atoms with Crippen molar-refractivity contribution < 1.29 is 9.13 Å². The van der Waals surface area contributed by atoms with Crippen LogP contribution >= 0.6 is 15.9 Å². The van der Waals surface area contributed by atoms with Gasteiger partial charge in [0.25, 0.3) is 0 Å². The molecule has 2 N–H and O–H groups in total. The molecule has 0 aliphatic carbocycles. The number of aliphatic imine (C=N–C) groups is 1. The van der Waals surface area contributed by atoms with Gasteiger partial charge in [-0.15, -0.1) is 0 Å². The number of piperidine rings is 1. The second kappa shape index (κ2) is 10.8. The number of hydrogen-bond donors (Lipinski definition) is 2. The Bertz CT molecular complexity index is 589. The number of halogens is 2. The van der Waals surface area contributed by atoms with E-state index >= 15 is 0 Å². The lowest BCUT2D eigenvalue weighted by Crippen LogP contribution is -2.49. The summed E-state index contributed by atoms with van der Waals surface area (Å²) in [6.07, 6.45) is 2.45. The third-order valence-electron chi connectivity index (χ3n) is 4.45. The molecule has 0 saturated carbocycles. The summed E-state index contributed by atoms with van der Waals surface area (Å²) in [5.41, 5.74) is 0.883. The van der Waals surface area contributed by atoms with Crippen LogP contribution in [-0.2, 0) is 11.3 Å². The zero-order chi connectivity index (χ0) is 18.9. The molecule has 0 spiro atoms. The summed E-state index contributed by atoms with van der Waals surface area (Å²) in [6, 6.07) is 5.55. The summed E-state index contributed by atoms with van der Waals surface area (Å²) in [7, 11) is 1.76. The van der Waals surface area contributed by atoms with Crippen molar-refractivity contribution in [1.82, 2.24) is 15.5 Å². The van der Waals surface area contributed by atoms with Crippen molar-refractivity contribution in [3.63, 3.8) is 0 Å². The number of rotatable bonds is 7. The van der Waals surface area contributed by atoms with E-state index in [0.717, 1.165) is 50.6 Å². The van der Waals surface area contributed by atoms with Gasteiger partial charge >= 0.3 is 0 Å². The number of hydrogen-bond acceptors (Lipinski definition) is 3. The van der Waals surface area contributed by atoms with Gasteiger partial charge in [-0.25, -0.2) is 4.39 Å². The van der Waals surface area contributed by atoms with Crippen molar-refractivity contribution in [3.05, 3.63) is 34.1 Å². The van der Waals surface area contributed by atoms with Crippen molar-refractivity contribution in [3.8, 4) is 0 Å². The van der Waals surface area contributed by atoms with Gasteiger partial charge in [-0.1, -0.05) is 6.07 Å². The minimum atomic E-state index is -0.249. The fraction of sp³-hybridized carbons (Fsp3) is 0.632. The first kappa shape index (κ1) is 21.1. The molecule has 1 aliphatic rings. The van der Waals surface area contributed by atoms with Crippen LogP contribution in [0.5, 0.6) is 0 Å². The number of nitrogens with zero attached hydrogens (tertiary/aromatic N) is 2. The second-order valence-corrected chi connectivity index (χ2v) is 7.71. The molecule has 0 aromatic heterocycles. The molecule has 1 heterocycles. The molecule has 0 bridgehead atoms. The molecular weight excluding hydrogens is 399 g/mol. The minimum absolute atomic E-state index is 0.249. The molecule has 0 amide bonds. The Morgan fingerprint density at radius 1 is 1.38 bits per heavy atom. The molecule has 2 rings (SSSR count). The molecule has 1 aromatic rings. The Kier molecular flexibility index (Phi) is 8.81. The molecule has 5 nitrogen and oxygen atoms in total. The Morgan fingerprint density at radius 3 is 2.73 bits per heavy atom. The van der Waals surface area contributed by atoms with Gasteiger partial charge in [0.1, 0.15) is 5.82 Å². The summed E-state index contributed by atoms with van der Waals surface area (Å²) < 4.78 is 19.7. The van der Waals surface area contributed by atoms with Crippen LogP contribution < -0.4 is 10.6 Å². The molecule has 1 saturated heterocycles. The first-order chi connectivity index (χ1) is 12.5. The summed E-state index contributed by atoms with van der Waals surface area (Å²) >= 11 is 3.17. The smallest absolute Gasteiger partial charge is 0.191 e. The minimum Gasteiger partial charge on any atom is -0.377 e. The van der Waals surface area contributed by atoms with Gasteiger partial charge < -0.3 is 20.3 Å². The fourth-order valence-corrected chi connectivity index (χ4v) is 3.19. The lowest BCUT2D eigenvalue weighted by Gasteiger charge is -2.33. The standard InChI is InChI=1S/C19H30BrFN4O/c1-14(2)26-11-10-25-8-6-16(7-9-25)24-19(22-3)23-13-15-4-5-17(20)18(21)12-15/h4-5,12,14,16H,6-11,13H2,1-3H3,(H2,22,23,24). The van der Waals surface area contributed by atoms with Crippen LogP contribution in [0.4, 0.5) is 4.39 Å². The van der Waals surface area contributed by atoms with E-state index in [-0.39, 0.29) is 5.82 Å². The molecule has 0 radical (unpaired) electrons. The number of ether oxygens (including phenoxy) is 1. The highest BCUT2D eigenvalue weighted by Crippen LogP contribution is 2.16. The third-order valence-corrected chi connectivity index (χ3v) is 5.10. The van der Waals surface area contributed by atoms with Gasteiger partial charge in [0.15, 0.2) is 5.96 Å². The summed E-state index contributed by atoms with van der Waals surface area (Å²) in [5, 5.41) is 6.74. The maximum absolute atomic E-state index is 13.6. The summed E-state index contributed by atoms with van der Waals surface area (Å²) in [6.45, 7) is 8.59. The maximum atomic E-state index is 13.6. The topological polar surface area (TPSA) is 48.9 Å². The highest BCUT2D eigenvalue weighted by molar-refractivity contribution is 9.10. The van der Waals surface area contributed by atoms with Crippen molar-refractivity contribution >= 4 is 21.9 Å². The Hall–Kier alpha value is -1.18. The summed E-state index contributed by atoms with van der Waals surface area (Å²) in [4.78, 5) is 6.73. The van der Waals surface area contributed by atoms with Gasteiger partial charge in [-0.3, -0.25) is 4.99 Å². The predicted molar refractivity (Wildman–Crippen MR) is 108 cm³/mol. The molecule has 1 aliphatic heterocycles. The van der Waals surface area contributed by atoms with Crippen LogP contribution in [0.1, 0.15) is 32.3 Å². The molecule has 0 unspecified atom stereocenters. The number of likely N-dealkylation sites (tertiary alicyclic amines) is 1. The highest BCUT2D eigenvalue weighted by Gasteiger charge is 2.19. The fourth-order valence-electron chi connectivity index (χ4n) is 2.94. The van der Waals surface area contributed by atoms with Crippen molar-refractivity contribution in [2.45, 2.75) is 45.4 Å². The van der Waals surface area contributed by atoms with Crippen LogP contribution in [0.15, 0.2) is 27.7 Å². The van der Waals surface area contributed by atoms with Gasteiger partial charge in [-0.2, -0.15) is 0 Å². The van der Waals surface area contributed by atoms with E-state index in [0.29, 0.717) is 23.2 Å². The molecule has 7 heteroatoms. The van der Waals surface area contributed by atoms with E-state index in [9.17, 15) is 4.39 Å². The van der Waals surface area contributed by atoms with Crippen LogP contribution in [-0.4, -0.2) is 56.3 Å². The Morgan fingerprint density at radius 2 is 2.12 bits per heavy atom. The predicted octanol–water partition coefficient (Wildman–Crippen LogP) is 3.14. The normalized spacial score (nSPS) is 16.9. The molecule has 146 valence electrons. The summed E-state index contributed by atoms with van der Waals surface area (Å²) in [5.74, 6) is 0.510. The monoisotopic (exact) mass is 428 g/mol. The Balaban J connectivity index is 1.71.